The standard InChI is InChI=1S/C13H14N2O/c14-13(15)8-6-11(7-9-13)12(16)10-4-2-1-3-5-10/h1-9,11H,14-15H2. The zero-order valence-electron chi connectivity index (χ0n) is 8.84. The lowest BCUT2D eigenvalue weighted by atomic mass is 9.91. The lowest BCUT2D eigenvalue weighted by Crippen LogP contribution is -2.46. The van der Waals surface area contributed by atoms with Crippen LogP contribution in [-0.2, 0) is 0 Å². The van der Waals surface area contributed by atoms with E-state index in [1.807, 2.05) is 18.2 Å². The predicted molar refractivity (Wildman–Crippen MR) is 63.6 cm³/mol. The van der Waals surface area contributed by atoms with E-state index in [1.54, 1.807) is 36.4 Å². The molecule has 0 atom stereocenters. The normalized spacial score (nSPS) is 18.6. The molecule has 1 aromatic carbocycles. The Labute approximate surface area is 94.4 Å². The molecule has 3 heteroatoms. The fraction of sp³-hybridized carbons (Fsp3) is 0.154. The summed E-state index contributed by atoms with van der Waals surface area (Å²) in [5.41, 5.74) is 11.1. The van der Waals surface area contributed by atoms with Crippen molar-refractivity contribution in [1.82, 2.24) is 0 Å². The molecule has 0 saturated carbocycles. The molecule has 1 aliphatic rings. The zero-order chi connectivity index (χ0) is 11.6. The van der Waals surface area contributed by atoms with Gasteiger partial charge < -0.3 is 11.5 Å². The lowest BCUT2D eigenvalue weighted by molar-refractivity contribution is 0.0964. The van der Waals surface area contributed by atoms with Crippen molar-refractivity contribution in [2.45, 2.75) is 5.66 Å². The summed E-state index contributed by atoms with van der Waals surface area (Å²) in [5.74, 6) is -0.203. The third-order valence-corrected chi connectivity index (χ3v) is 2.55. The number of hydrogen-bond donors (Lipinski definition) is 2. The van der Waals surface area contributed by atoms with Gasteiger partial charge in [0.2, 0.25) is 0 Å². The molecule has 0 aromatic heterocycles. The number of nitrogens with two attached hydrogens (primary N) is 2. The van der Waals surface area contributed by atoms with Crippen molar-refractivity contribution >= 4 is 5.78 Å². The van der Waals surface area contributed by atoms with Crippen molar-refractivity contribution in [3.8, 4) is 0 Å². The number of carbonyl (C=O) groups is 1. The Hall–Kier alpha value is -1.71. The molecule has 0 unspecified atom stereocenters. The van der Waals surface area contributed by atoms with E-state index in [2.05, 4.69) is 0 Å². The molecule has 3 nitrogen and oxygen atoms in total. The highest BCUT2D eigenvalue weighted by molar-refractivity contribution is 6.00. The van der Waals surface area contributed by atoms with E-state index in [4.69, 9.17) is 11.5 Å². The van der Waals surface area contributed by atoms with Crippen LogP contribution in [0.25, 0.3) is 0 Å². The summed E-state index contributed by atoms with van der Waals surface area (Å²) in [7, 11) is 0. The topological polar surface area (TPSA) is 69.1 Å². The molecule has 0 heterocycles. The van der Waals surface area contributed by atoms with Gasteiger partial charge in [-0.1, -0.05) is 42.5 Å². The summed E-state index contributed by atoms with van der Waals surface area (Å²) in [6.07, 6.45) is 6.79. The van der Waals surface area contributed by atoms with Gasteiger partial charge in [-0.25, -0.2) is 0 Å². The minimum atomic E-state index is -0.923. The monoisotopic (exact) mass is 214 g/mol. The van der Waals surface area contributed by atoms with Gasteiger partial charge >= 0.3 is 0 Å². The summed E-state index contributed by atoms with van der Waals surface area (Å²) in [4.78, 5) is 12.0. The van der Waals surface area contributed by atoms with Gasteiger partial charge in [-0.15, -0.1) is 0 Å². The highest BCUT2D eigenvalue weighted by Gasteiger charge is 2.21. The summed E-state index contributed by atoms with van der Waals surface area (Å²) >= 11 is 0. The number of carbonyl (C=O) groups excluding carboxylic acids is 1. The third kappa shape index (κ3) is 2.27. The SMILES string of the molecule is NC1(N)C=CC(C(=O)c2ccccc2)C=C1. The molecule has 0 bridgehead atoms. The first kappa shape index (κ1) is 10.8. The molecule has 0 amide bonds. The van der Waals surface area contributed by atoms with Gasteiger partial charge in [-0.05, 0) is 12.2 Å². The Morgan fingerprint density at radius 1 is 1.06 bits per heavy atom. The van der Waals surface area contributed by atoms with Gasteiger partial charge in [0.15, 0.2) is 5.78 Å². The molecule has 0 saturated heterocycles. The first-order chi connectivity index (χ1) is 7.58. The van der Waals surface area contributed by atoms with Crippen molar-refractivity contribution in [2.75, 3.05) is 0 Å². The maximum Gasteiger partial charge on any atom is 0.173 e. The van der Waals surface area contributed by atoms with E-state index in [9.17, 15) is 4.79 Å². The largest absolute Gasteiger partial charge is 0.307 e. The van der Waals surface area contributed by atoms with Gasteiger partial charge in [-0.3, -0.25) is 4.79 Å². The molecule has 0 spiro atoms. The second kappa shape index (κ2) is 4.04. The van der Waals surface area contributed by atoms with Gasteiger partial charge in [0.05, 0.1) is 5.92 Å². The van der Waals surface area contributed by atoms with Crippen LogP contribution in [0.5, 0.6) is 0 Å². The maximum absolute atomic E-state index is 12.0. The van der Waals surface area contributed by atoms with Gasteiger partial charge in [-0.2, -0.15) is 0 Å². The lowest BCUT2D eigenvalue weighted by Gasteiger charge is -2.21. The second-order valence-electron chi connectivity index (χ2n) is 3.97. The number of hydrogen-bond acceptors (Lipinski definition) is 3. The molecular weight excluding hydrogens is 200 g/mol. The third-order valence-electron chi connectivity index (χ3n) is 2.55. The smallest absolute Gasteiger partial charge is 0.173 e. The van der Waals surface area contributed by atoms with Crippen LogP contribution in [0.1, 0.15) is 10.4 Å². The minimum Gasteiger partial charge on any atom is -0.307 e. The number of rotatable bonds is 2. The molecule has 0 aliphatic heterocycles. The Kier molecular flexibility index (Phi) is 2.73. The predicted octanol–water partition coefficient (Wildman–Crippen LogP) is 1.23. The average molecular weight is 214 g/mol. The van der Waals surface area contributed by atoms with E-state index >= 15 is 0 Å². The highest BCUT2D eigenvalue weighted by atomic mass is 16.1. The van der Waals surface area contributed by atoms with E-state index in [0.717, 1.165) is 0 Å². The summed E-state index contributed by atoms with van der Waals surface area (Å²) in [6, 6.07) is 9.18. The first-order valence-corrected chi connectivity index (χ1v) is 5.14. The Bertz CT molecular complexity index is 430. The van der Waals surface area contributed by atoms with Crippen molar-refractivity contribution in [3.05, 3.63) is 60.2 Å². The van der Waals surface area contributed by atoms with Crippen LogP contribution in [-0.4, -0.2) is 11.4 Å². The molecule has 4 N–H and O–H groups in total. The van der Waals surface area contributed by atoms with Crippen LogP contribution in [0.15, 0.2) is 54.6 Å². The summed E-state index contributed by atoms with van der Waals surface area (Å²) < 4.78 is 0. The summed E-state index contributed by atoms with van der Waals surface area (Å²) in [5, 5.41) is 0. The first-order valence-electron chi connectivity index (χ1n) is 5.14. The fourth-order valence-electron chi connectivity index (χ4n) is 1.63. The van der Waals surface area contributed by atoms with Crippen molar-refractivity contribution in [1.29, 1.82) is 0 Å². The molecule has 2 rings (SSSR count). The van der Waals surface area contributed by atoms with Crippen molar-refractivity contribution < 1.29 is 4.79 Å². The second-order valence-corrected chi connectivity index (χ2v) is 3.97. The number of allylic oxidation sites excluding steroid dienone is 2. The van der Waals surface area contributed by atoms with Crippen LogP contribution in [0.2, 0.25) is 0 Å². The fourth-order valence-corrected chi connectivity index (χ4v) is 1.63. The van der Waals surface area contributed by atoms with Gasteiger partial charge in [0, 0.05) is 5.56 Å². The molecule has 82 valence electrons. The van der Waals surface area contributed by atoms with Crippen LogP contribution in [0.3, 0.4) is 0 Å². The molecule has 1 aliphatic carbocycles. The van der Waals surface area contributed by atoms with Crippen LogP contribution in [0.4, 0.5) is 0 Å². The van der Waals surface area contributed by atoms with Gasteiger partial charge in [0.25, 0.3) is 0 Å². The quantitative estimate of drug-likeness (QED) is 0.442. The molecule has 1 aromatic rings. The zero-order valence-corrected chi connectivity index (χ0v) is 8.84. The van der Waals surface area contributed by atoms with Crippen molar-refractivity contribution in [3.63, 3.8) is 0 Å². The average Bonchev–Trinajstić information content (AvgIpc) is 2.29. The van der Waals surface area contributed by atoms with Crippen LogP contribution >= 0.6 is 0 Å². The Morgan fingerprint density at radius 3 is 2.19 bits per heavy atom. The Morgan fingerprint density at radius 2 is 1.62 bits per heavy atom. The van der Waals surface area contributed by atoms with Crippen LogP contribution < -0.4 is 11.5 Å². The van der Waals surface area contributed by atoms with E-state index in [-0.39, 0.29) is 11.7 Å². The molecule has 0 radical (unpaired) electrons. The maximum atomic E-state index is 12.0. The van der Waals surface area contributed by atoms with E-state index < -0.39 is 5.66 Å². The summed E-state index contributed by atoms with van der Waals surface area (Å²) in [6.45, 7) is 0. The molecule has 16 heavy (non-hydrogen) atoms. The molecule has 0 fully saturated rings. The number of benzene rings is 1. The van der Waals surface area contributed by atoms with Crippen molar-refractivity contribution in [2.24, 2.45) is 17.4 Å². The minimum absolute atomic E-state index is 0.0589. The Balaban J connectivity index is 2.18. The van der Waals surface area contributed by atoms with E-state index in [1.165, 1.54) is 0 Å². The van der Waals surface area contributed by atoms with E-state index in [0.29, 0.717) is 5.56 Å². The number of ketones is 1. The number of Topliss-reactive ketones (excluding diaryl/α,β-unsaturated/α-hetero) is 1. The highest BCUT2D eigenvalue weighted by Crippen LogP contribution is 2.17. The van der Waals surface area contributed by atoms with Gasteiger partial charge in [0.1, 0.15) is 5.66 Å². The molecular formula is C13H14N2O. The van der Waals surface area contributed by atoms with Crippen LogP contribution in [0, 0.1) is 5.92 Å².